The van der Waals surface area contributed by atoms with Crippen LogP contribution in [-0.4, -0.2) is 23.1 Å². The van der Waals surface area contributed by atoms with Gasteiger partial charge in [0.25, 0.3) is 0 Å². The normalized spacial score (nSPS) is 10.7. The van der Waals surface area contributed by atoms with E-state index in [1.165, 1.54) is 0 Å². The lowest BCUT2D eigenvalue weighted by Gasteiger charge is -2.24. The number of nitrogens with one attached hydrogen (secondary N) is 1. The van der Waals surface area contributed by atoms with E-state index in [0.717, 1.165) is 24.5 Å². The molecule has 0 radical (unpaired) electrons. The monoisotopic (exact) mass is 285 g/mol. The molecule has 1 aromatic carbocycles. The van der Waals surface area contributed by atoms with Gasteiger partial charge in [0.1, 0.15) is 11.6 Å². The molecule has 2 aromatic rings. The number of nitrogens with two attached hydrogens (primary N) is 1. The molecule has 0 saturated heterocycles. The first kappa shape index (κ1) is 15.3. The average molecular weight is 285 g/mol. The molecule has 3 N–H and O–H groups in total. The van der Waals surface area contributed by atoms with E-state index >= 15 is 0 Å². The van der Waals surface area contributed by atoms with Crippen molar-refractivity contribution < 1.29 is 0 Å². The fraction of sp³-hybridized carbons (Fsp3) is 0.375. The summed E-state index contributed by atoms with van der Waals surface area (Å²) in [6.45, 7) is 8.37. The number of benzene rings is 1. The third-order valence-electron chi connectivity index (χ3n) is 3.18. The molecule has 0 spiro atoms. The van der Waals surface area contributed by atoms with Crippen LogP contribution in [0.1, 0.15) is 20.8 Å². The fourth-order valence-electron chi connectivity index (χ4n) is 2.21. The van der Waals surface area contributed by atoms with Crippen molar-refractivity contribution in [3.63, 3.8) is 0 Å². The molecule has 0 saturated carbocycles. The molecule has 0 aliphatic carbocycles. The van der Waals surface area contributed by atoms with Crippen LogP contribution in [0.2, 0.25) is 0 Å². The Kier molecular flexibility index (Phi) is 5.11. The highest BCUT2D eigenvalue weighted by Crippen LogP contribution is 2.22. The van der Waals surface area contributed by atoms with E-state index in [-0.39, 0.29) is 0 Å². The molecule has 1 aromatic heterocycles. The molecule has 0 amide bonds. The Hall–Kier alpha value is -2.14. The Morgan fingerprint density at radius 3 is 2.48 bits per heavy atom. The first-order chi connectivity index (χ1) is 10.1. The molecule has 2 rings (SSSR count). The number of hydrogen-bond donors (Lipinski definition) is 2. The van der Waals surface area contributed by atoms with Gasteiger partial charge in [-0.2, -0.15) is 0 Å². The zero-order valence-corrected chi connectivity index (χ0v) is 12.9. The van der Waals surface area contributed by atoms with Crippen molar-refractivity contribution in [2.45, 2.75) is 20.8 Å². The maximum atomic E-state index is 5.55. The van der Waals surface area contributed by atoms with Gasteiger partial charge in [0.15, 0.2) is 5.82 Å². The molecule has 0 bridgehead atoms. The summed E-state index contributed by atoms with van der Waals surface area (Å²) in [5.74, 6) is 8.32. The lowest BCUT2D eigenvalue weighted by atomic mass is 10.2. The first-order valence-corrected chi connectivity index (χ1v) is 7.30. The Morgan fingerprint density at radius 2 is 1.90 bits per heavy atom. The Balaban J connectivity index is 2.42. The highest BCUT2D eigenvalue weighted by Gasteiger charge is 2.12. The minimum Gasteiger partial charge on any atom is -0.356 e. The molecule has 0 atom stereocenters. The highest BCUT2D eigenvalue weighted by atomic mass is 15.3. The standard InChI is InChI=1S/C16H23N5/c1-4-21(11-12(2)3)15-10-14(20-17)18-16(19-15)13-8-6-5-7-9-13/h5-10,12H,4,11,17H2,1-3H3,(H,18,19,20). The number of rotatable bonds is 6. The maximum absolute atomic E-state index is 5.55. The average Bonchev–Trinajstić information content (AvgIpc) is 2.52. The molecule has 0 aliphatic rings. The summed E-state index contributed by atoms with van der Waals surface area (Å²) in [5, 5.41) is 0. The number of nitrogens with zero attached hydrogens (tertiary/aromatic N) is 3. The largest absolute Gasteiger partial charge is 0.356 e. The maximum Gasteiger partial charge on any atom is 0.163 e. The van der Waals surface area contributed by atoms with Crippen molar-refractivity contribution in [1.29, 1.82) is 0 Å². The number of aromatic nitrogens is 2. The third-order valence-corrected chi connectivity index (χ3v) is 3.18. The van der Waals surface area contributed by atoms with Crippen LogP contribution in [0.15, 0.2) is 36.4 Å². The van der Waals surface area contributed by atoms with Gasteiger partial charge in [0.05, 0.1) is 0 Å². The summed E-state index contributed by atoms with van der Waals surface area (Å²) in [6, 6.07) is 11.8. The van der Waals surface area contributed by atoms with Crippen molar-refractivity contribution in [2.75, 3.05) is 23.4 Å². The molecular weight excluding hydrogens is 262 g/mol. The van der Waals surface area contributed by atoms with Gasteiger partial charge in [-0.25, -0.2) is 15.8 Å². The van der Waals surface area contributed by atoms with Crippen molar-refractivity contribution in [3.8, 4) is 11.4 Å². The Bertz CT molecular complexity index is 568. The van der Waals surface area contributed by atoms with E-state index in [1.54, 1.807) is 0 Å². The second-order valence-corrected chi connectivity index (χ2v) is 5.38. The Labute approximate surface area is 126 Å². The molecule has 5 heteroatoms. The van der Waals surface area contributed by atoms with E-state index in [4.69, 9.17) is 10.8 Å². The van der Waals surface area contributed by atoms with Crippen LogP contribution < -0.4 is 16.2 Å². The predicted molar refractivity (Wildman–Crippen MR) is 88.0 cm³/mol. The topological polar surface area (TPSA) is 67.1 Å². The molecular formula is C16H23N5. The van der Waals surface area contributed by atoms with Gasteiger partial charge < -0.3 is 10.3 Å². The zero-order chi connectivity index (χ0) is 15.2. The summed E-state index contributed by atoms with van der Waals surface area (Å²) in [4.78, 5) is 11.4. The van der Waals surface area contributed by atoms with E-state index < -0.39 is 0 Å². The summed E-state index contributed by atoms with van der Waals surface area (Å²) in [7, 11) is 0. The van der Waals surface area contributed by atoms with E-state index in [1.807, 2.05) is 36.4 Å². The number of hydrazine groups is 1. The van der Waals surface area contributed by atoms with Crippen LogP contribution in [0.3, 0.4) is 0 Å². The van der Waals surface area contributed by atoms with E-state index in [0.29, 0.717) is 17.6 Å². The first-order valence-electron chi connectivity index (χ1n) is 7.30. The second-order valence-electron chi connectivity index (χ2n) is 5.38. The summed E-state index contributed by atoms with van der Waals surface area (Å²) in [5.41, 5.74) is 3.61. The third kappa shape index (κ3) is 3.92. The summed E-state index contributed by atoms with van der Waals surface area (Å²) >= 11 is 0. The minimum atomic E-state index is 0.564. The quantitative estimate of drug-likeness (QED) is 0.631. The smallest absolute Gasteiger partial charge is 0.163 e. The molecule has 0 unspecified atom stereocenters. The molecule has 0 fully saturated rings. The Morgan fingerprint density at radius 1 is 1.19 bits per heavy atom. The molecule has 5 nitrogen and oxygen atoms in total. The second kappa shape index (κ2) is 7.04. The van der Waals surface area contributed by atoms with Crippen LogP contribution in [0.5, 0.6) is 0 Å². The number of hydrogen-bond acceptors (Lipinski definition) is 5. The van der Waals surface area contributed by atoms with E-state index in [9.17, 15) is 0 Å². The fourth-order valence-corrected chi connectivity index (χ4v) is 2.21. The lowest BCUT2D eigenvalue weighted by molar-refractivity contribution is 0.614. The SMILES string of the molecule is CCN(CC(C)C)c1cc(NN)nc(-c2ccccc2)n1. The van der Waals surface area contributed by atoms with Crippen LogP contribution in [0, 0.1) is 5.92 Å². The van der Waals surface area contributed by atoms with Crippen molar-refractivity contribution in [1.82, 2.24) is 9.97 Å². The minimum absolute atomic E-state index is 0.564. The van der Waals surface area contributed by atoms with Crippen LogP contribution in [-0.2, 0) is 0 Å². The van der Waals surface area contributed by atoms with Crippen molar-refractivity contribution >= 4 is 11.6 Å². The number of anilines is 2. The predicted octanol–water partition coefficient (Wildman–Crippen LogP) is 2.91. The van der Waals surface area contributed by atoms with Gasteiger partial charge in [-0.05, 0) is 12.8 Å². The van der Waals surface area contributed by atoms with Gasteiger partial charge in [-0.15, -0.1) is 0 Å². The molecule has 1 heterocycles. The number of nitrogen functional groups attached to an aromatic ring is 1. The van der Waals surface area contributed by atoms with Crippen LogP contribution >= 0.6 is 0 Å². The summed E-state index contributed by atoms with van der Waals surface area (Å²) in [6.07, 6.45) is 0. The molecule has 112 valence electrons. The van der Waals surface area contributed by atoms with Gasteiger partial charge in [0.2, 0.25) is 0 Å². The summed E-state index contributed by atoms with van der Waals surface area (Å²) < 4.78 is 0. The van der Waals surface area contributed by atoms with Gasteiger partial charge in [-0.3, -0.25) is 0 Å². The van der Waals surface area contributed by atoms with Crippen molar-refractivity contribution in [2.24, 2.45) is 11.8 Å². The van der Waals surface area contributed by atoms with E-state index in [2.05, 4.69) is 36.1 Å². The van der Waals surface area contributed by atoms with Gasteiger partial charge in [0, 0.05) is 24.7 Å². The van der Waals surface area contributed by atoms with Gasteiger partial charge >= 0.3 is 0 Å². The zero-order valence-electron chi connectivity index (χ0n) is 12.9. The van der Waals surface area contributed by atoms with Crippen LogP contribution in [0.25, 0.3) is 11.4 Å². The highest BCUT2D eigenvalue weighted by molar-refractivity contribution is 5.61. The van der Waals surface area contributed by atoms with Crippen LogP contribution in [0.4, 0.5) is 11.6 Å². The molecule has 21 heavy (non-hydrogen) atoms. The lowest BCUT2D eigenvalue weighted by Crippen LogP contribution is -2.28. The molecule has 0 aliphatic heterocycles. The van der Waals surface area contributed by atoms with Gasteiger partial charge in [-0.1, -0.05) is 44.2 Å². The van der Waals surface area contributed by atoms with Crippen molar-refractivity contribution in [3.05, 3.63) is 36.4 Å².